The van der Waals surface area contributed by atoms with Gasteiger partial charge in [0.1, 0.15) is 5.75 Å². The van der Waals surface area contributed by atoms with Crippen LogP contribution in [0.25, 0.3) is 0 Å². The molecule has 1 unspecified atom stereocenters. The molecule has 0 bridgehead atoms. The van der Waals surface area contributed by atoms with Crippen molar-refractivity contribution in [1.82, 2.24) is 4.90 Å². The van der Waals surface area contributed by atoms with Gasteiger partial charge in [-0.1, -0.05) is 31.5 Å². The van der Waals surface area contributed by atoms with Gasteiger partial charge in [0.25, 0.3) is 0 Å². The van der Waals surface area contributed by atoms with E-state index in [2.05, 4.69) is 44.9 Å². The van der Waals surface area contributed by atoms with Crippen molar-refractivity contribution >= 4 is 0 Å². The van der Waals surface area contributed by atoms with Crippen LogP contribution in [-0.4, -0.2) is 31.6 Å². The Morgan fingerprint density at radius 3 is 2.50 bits per heavy atom. The zero-order chi connectivity index (χ0) is 13.7. The number of hydrogen-bond acceptors (Lipinski definition) is 3. The summed E-state index contributed by atoms with van der Waals surface area (Å²) in [4.78, 5) is 2.31. The lowest BCUT2D eigenvalue weighted by molar-refractivity contribution is 0.188. The lowest BCUT2D eigenvalue weighted by atomic mass is 10.0. The number of benzene rings is 1. The third-order valence-electron chi connectivity index (χ3n) is 3.43. The first-order valence-electron chi connectivity index (χ1n) is 6.53. The van der Waals surface area contributed by atoms with Gasteiger partial charge in [-0.15, -0.1) is 0 Å². The van der Waals surface area contributed by atoms with E-state index in [9.17, 15) is 0 Å². The molecule has 0 aliphatic heterocycles. The zero-order valence-corrected chi connectivity index (χ0v) is 12.2. The molecule has 0 aliphatic rings. The van der Waals surface area contributed by atoms with Crippen molar-refractivity contribution in [3.05, 3.63) is 29.3 Å². The van der Waals surface area contributed by atoms with Crippen LogP contribution < -0.4 is 10.5 Å². The average molecular weight is 250 g/mol. The first-order chi connectivity index (χ1) is 8.49. The summed E-state index contributed by atoms with van der Waals surface area (Å²) in [5.41, 5.74) is 8.33. The quantitative estimate of drug-likeness (QED) is 0.842. The molecule has 102 valence electrons. The highest BCUT2D eigenvalue weighted by molar-refractivity contribution is 5.36. The minimum absolute atomic E-state index is 0.398. The van der Waals surface area contributed by atoms with Gasteiger partial charge in [-0.25, -0.2) is 0 Å². The number of methoxy groups -OCH3 is 1. The standard InChI is InChI=1S/C15H26N2O/c1-11(2)14(9-16)17(4)10-13-8-12(3)6-7-15(13)18-5/h6-8,11,14H,9-10,16H2,1-5H3. The van der Waals surface area contributed by atoms with Crippen molar-refractivity contribution in [2.45, 2.75) is 33.4 Å². The number of nitrogens with two attached hydrogens (primary N) is 1. The van der Waals surface area contributed by atoms with E-state index >= 15 is 0 Å². The summed E-state index contributed by atoms with van der Waals surface area (Å²) in [6, 6.07) is 6.69. The molecule has 0 saturated heterocycles. The van der Waals surface area contributed by atoms with Gasteiger partial charge in [-0.05, 0) is 26.0 Å². The van der Waals surface area contributed by atoms with Crippen LogP contribution in [0.5, 0.6) is 5.75 Å². The molecule has 3 heteroatoms. The maximum absolute atomic E-state index is 5.86. The Labute approximate surface area is 111 Å². The molecule has 0 saturated carbocycles. The Balaban J connectivity index is 2.86. The Hall–Kier alpha value is -1.06. The van der Waals surface area contributed by atoms with Gasteiger partial charge in [0.2, 0.25) is 0 Å². The number of aryl methyl sites for hydroxylation is 1. The Bertz CT molecular complexity index is 377. The van der Waals surface area contributed by atoms with Crippen LogP contribution in [0.2, 0.25) is 0 Å². The molecule has 3 nitrogen and oxygen atoms in total. The number of nitrogens with zero attached hydrogens (tertiary/aromatic N) is 1. The second kappa shape index (κ2) is 6.76. The summed E-state index contributed by atoms with van der Waals surface area (Å²) >= 11 is 0. The van der Waals surface area contributed by atoms with E-state index in [-0.39, 0.29) is 0 Å². The highest BCUT2D eigenvalue weighted by Crippen LogP contribution is 2.22. The summed E-state index contributed by atoms with van der Waals surface area (Å²) in [5, 5.41) is 0. The summed E-state index contributed by atoms with van der Waals surface area (Å²) in [6.45, 7) is 8.07. The van der Waals surface area contributed by atoms with Crippen LogP contribution in [-0.2, 0) is 6.54 Å². The van der Waals surface area contributed by atoms with Crippen LogP contribution >= 0.6 is 0 Å². The largest absolute Gasteiger partial charge is 0.496 e. The van der Waals surface area contributed by atoms with Crippen molar-refractivity contribution in [3.8, 4) is 5.75 Å². The fourth-order valence-electron chi connectivity index (χ4n) is 2.38. The van der Waals surface area contributed by atoms with E-state index in [1.807, 2.05) is 6.07 Å². The first-order valence-corrected chi connectivity index (χ1v) is 6.53. The number of hydrogen-bond donors (Lipinski definition) is 1. The fourth-order valence-corrected chi connectivity index (χ4v) is 2.38. The van der Waals surface area contributed by atoms with Gasteiger partial charge < -0.3 is 10.5 Å². The van der Waals surface area contributed by atoms with Crippen LogP contribution in [0.3, 0.4) is 0 Å². The molecule has 0 amide bonds. The predicted molar refractivity (Wildman–Crippen MR) is 76.9 cm³/mol. The van der Waals surface area contributed by atoms with Crippen LogP contribution in [0.15, 0.2) is 18.2 Å². The average Bonchev–Trinajstić information content (AvgIpc) is 2.29. The second-order valence-corrected chi connectivity index (χ2v) is 5.28. The molecular weight excluding hydrogens is 224 g/mol. The summed E-state index contributed by atoms with van der Waals surface area (Å²) in [7, 11) is 3.84. The third kappa shape index (κ3) is 3.72. The molecule has 2 N–H and O–H groups in total. The van der Waals surface area contributed by atoms with E-state index in [0.717, 1.165) is 12.3 Å². The topological polar surface area (TPSA) is 38.5 Å². The summed E-state index contributed by atoms with van der Waals surface area (Å²) < 4.78 is 5.42. The molecule has 1 rings (SSSR count). The van der Waals surface area contributed by atoms with Crippen molar-refractivity contribution in [1.29, 1.82) is 0 Å². The van der Waals surface area contributed by atoms with E-state index < -0.39 is 0 Å². The van der Waals surface area contributed by atoms with Gasteiger partial charge in [0.05, 0.1) is 7.11 Å². The molecule has 1 aromatic carbocycles. The summed E-state index contributed by atoms with van der Waals surface area (Å²) in [6.07, 6.45) is 0. The number of rotatable bonds is 6. The fraction of sp³-hybridized carbons (Fsp3) is 0.600. The van der Waals surface area contributed by atoms with Crippen molar-refractivity contribution in [3.63, 3.8) is 0 Å². The SMILES string of the molecule is COc1ccc(C)cc1CN(C)C(CN)C(C)C. The molecule has 0 aliphatic carbocycles. The summed E-state index contributed by atoms with van der Waals surface area (Å²) in [5.74, 6) is 1.50. The van der Waals surface area contributed by atoms with Crippen LogP contribution in [0.4, 0.5) is 0 Å². The Morgan fingerprint density at radius 2 is 2.00 bits per heavy atom. The number of likely N-dealkylation sites (N-methyl/N-ethyl adjacent to an activating group) is 1. The maximum Gasteiger partial charge on any atom is 0.123 e. The lowest BCUT2D eigenvalue weighted by Crippen LogP contribution is -2.41. The van der Waals surface area contributed by atoms with E-state index in [1.165, 1.54) is 11.1 Å². The Morgan fingerprint density at radius 1 is 1.33 bits per heavy atom. The van der Waals surface area contributed by atoms with Gasteiger partial charge in [-0.3, -0.25) is 4.90 Å². The minimum Gasteiger partial charge on any atom is -0.496 e. The van der Waals surface area contributed by atoms with Crippen molar-refractivity contribution in [2.24, 2.45) is 11.7 Å². The molecule has 0 spiro atoms. The first kappa shape index (κ1) is 15.0. The lowest BCUT2D eigenvalue weighted by Gasteiger charge is -2.30. The molecular formula is C15H26N2O. The number of ether oxygens (including phenoxy) is 1. The molecule has 18 heavy (non-hydrogen) atoms. The highest BCUT2D eigenvalue weighted by Gasteiger charge is 2.18. The monoisotopic (exact) mass is 250 g/mol. The molecule has 0 heterocycles. The molecule has 1 aromatic rings. The van der Waals surface area contributed by atoms with E-state index in [4.69, 9.17) is 10.5 Å². The van der Waals surface area contributed by atoms with Gasteiger partial charge in [-0.2, -0.15) is 0 Å². The minimum atomic E-state index is 0.398. The van der Waals surface area contributed by atoms with Crippen molar-refractivity contribution < 1.29 is 4.74 Å². The predicted octanol–water partition coefficient (Wildman–Crippen LogP) is 2.42. The van der Waals surface area contributed by atoms with Gasteiger partial charge >= 0.3 is 0 Å². The van der Waals surface area contributed by atoms with Crippen LogP contribution in [0.1, 0.15) is 25.0 Å². The van der Waals surface area contributed by atoms with Gasteiger partial charge in [0, 0.05) is 24.7 Å². The molecule has 0 fully saturated rings. The normalized spacial score (nSPS) is 13.1. The van der Waals surface area contributed by atoms with E-state index in [0.29, 0.717) is 18.5 Å². The van der Waals surface area contributed by atoms with Crippen molar-refractivity contribution in [2.75, 3.05) is 20.7 Å². The highest BCUT2D eigenvalue weighted by atomic mass is 16.5. The smallest absolute Gasteiger partial charge is 0.123 e. The third-order valence-corrected chi connectivity index (χ3v) is 3.43. The maximum atomic E-state index is 5.86. The van der Waals surface area contributed by atoms with E-state index in [1.54, 1.807) is 7.11 Å². The molecule has 0 aromatic heterocycles. The zero-order valence-electron chi connectivity index (χ0n) is 12.2. The molecule has 0 radical (unpaired) electrons. The second-order valence-electron chi connectivity index (χ2n) is 5.28. The molecule has 1 atom stereocenters. The Kier molecular flexibility index (Phi) is 5.63. The van der Waals surface area contributed by atoms with Gasteiger partial charge in [0.15, 0.2) is 0 Å². The van der Waals surface area contributed by atoms with Crippen LogP contribution in [0, 0.1) is 12.8 Å².